The third-order valence-corrected chi connectivity index (χ3v) is 7.03. The Bertz CT molecular complexity index is 583. The molecule has 1 fully saturated rings. The van der Waals surface area contributed by atoms with Crippen molar-refractivity contribution in [1.82, 2.24) is 4.90 Å². The van der Waals surface area contributed by atoms with Crippen LogP contribution in [0.1, 0.15) is 16.8 Å². The van der Waals surface area contributed by atoms with Crippen LogP contribution in [0.15, 0.2) is 13.6 Å². The lowest BCUT2D eigenvalue weighted by atomic mass is 10.2. The molecule has 0 N–H and O–H groups in total. The first-order valence-electron chi connectivity index (χ1n) is 5.78. The van der Waals surface area contributed by atoms with Crippen molar-refractivity contribution in [2.75, 3.05) is 31.1 Å². The average Bonchev–Trinajstić information content (AvgIpc) is 2.55. The SMILES string of the molecule is O=C(CN1CCCS(=O)(=O)CC1)c1cc(Br)sc1Br. The summed E-state index contributed by atoms with van der Waals surface area (Å²) in [5.41, 5.74) is 0.656. The van der Waals surface area contributed by atoms with Gasteiger partial charge in [0.1, 0.15) is 0 Å². The first-order chi connectivity index (χ1) is 8.87. The van der Waals surface area contributed by atoms with E-state index in [0.29, 0.717) is 25.1 Å². The van der Waals surface area contributed by atoms with Crippen molar-refractivity contribution in [3.63, 3.8) is 0 Å². The van der Waals surface area contributed by atoms with Gasteiger partial charge in [-0.05, 0) is 50.9 Å². The van der Waals surface area contributed by atoms with Gasteiger partial charge >= 0.3 is 0 Å². The molecule has 0 saturated carbocycles. The first kappa shape index (κ1) is 15.6. The average molecular weight is 431 g/mol. The molecular formula is C11H13Br2NO3S2. The number of thiophene rings is 1. The molecule has 106 valence electrons. The van der Waals surface area contributed by atoms with Gasteiger partial charge in [0.25, 0.3) is 0 Å². The van der Waals surface area contributed by atoms with E-state index in [-0.39, 0.29) is 23.8 Å². The molecule has 2 heterocycles. The quantitative estimate of drug-likeness (QED) is 0.691. The minimum absolute atomic E-state index is 0.0214. The molecule has 19 heavy (non-hydrogen) atoms. The third kappa shape index (κ3) is 4.35. The largest absolute Gasteiger partial charge is 0.295 e. The van der Waals surface area contributed by atoms with Gasteiger partial charge in [0.05, 0.1) is 25.6 Å². The van der Waals surface area contributed by atoms with Crippen LogP contribution < -0.4 is 0 Å². The molecule has 1 aromatic rings. The summed E-state index contributed by atoms with van der Waals surface area (Å²) in [7, 11) is -2.92. The molecule has 0 spiro atoms. The fourth-order valence-electron chi connectivity index (χ4n) is 1.97. The Hall–Kier alpha value is 0.240. The fraction of sp³-hybridized carbons (Fsp3) is 0.545. The molecule has 1 saturated heterocycles. The van der Waals surface area contributed by atoms with Crippen LogP contribution in [0.5, 0.6) is 0 Å². The molecule has 2 rings (SSSR count). The number of ketones is 1. The maximum absolute atomic E-state index is 12.2. The smallest absolute Gasteiger partial charge is 0.178 e. The standard InChI is InChI=1S/C11H13Br2NO3S2/c12-10-6-8(11(13)18-10)9(15)7-14-2-1-4-19(16,17)5-3-14/h6H,1-5,7H2. The zero-order chi connectivity index (χ0) is 14.0. The van der Waals surface area contributed by atoms with Crippen LogP contribution in [0.4, 0.5) is 0 Å². The molecule has 0 unspecified atom stereocenters. The van der Waals surface area contributed by atoms with Crippen LogP contribution in [-0.4, -0.2) is 50.2 Å². The van der Waals surface area contributed by atoms with Gasteiger partial charge in [0.2, 0.25) is 0 Å². The van der Waals surface area contributed by atoms with Crippen molar-refractivity contribution in [2.45, 2.75) is 6.42 Å². The highest BCUT2D eigenvalue weighted by molar-refractivity contribution is 9.12. The molecule has 0 aromatic carbocycles. The summed E-state index contributed by atoms with van der Waals surface area (Å²) in [6, 6.07) is 1.80. The van der Waals surface area contributed by atoms with Crippen LogP contribution in [0.25, 0.3) is 0 Å². The highest BCUT2D eigenvalue weighted by Crippen LogP contribution is 2.32. The van der Waals surface area contributed by atoms with E-state index in [2.05, 4.69) is 31.9 Å². The van der Waals surface area contributed by atoms with Gasteiger partial charge in [0.15, 0.2) is 15.6 Å². The van der Waals surface area contributed by atoms with E-state index in [0.717, 1.165) is 7.57 Å². The van der Waals surface area contributed by atoms with E-state index in [4.69, 9.17) is 0 Å². The van der Waals surface area contributed by atoms with E-state index < -0.39 is 9.84 Å². The fourth-order valence-corrected chi connectivity index (χ4v) is 6.13. The Kier molecular flexibility index (Phi) is 5.21. The Labute approximate surface area is 133 Å². The normalized spacial score (nSPS) is 20.1. The van der Waals surface area contributed by atoms with Crippen LogP contribution >= 0.6 is 43.2 Å². The van der Waals surface area contributed by atoms with Gasteiger partial charge < -0.3 is 0 Å². The Morgan fingerprint density at radius 3 is 2.68 bits per heavy atom. The van der Waals surface area contributed by atoms with Crippen molar-refractivity contribution in [3.05, 3.63) is 19.2 Å². The molecule has 0 bridgehead atoms. The minimum atomic E-state index is -2.92. The molecule has 0 amide bonds. The second kappa shape index (κ2) is 6.34. The summed E-state index contributed by atoms with van der Waals surface area (Å²) in [6.07, 6.45) is 0.601. The summed E-state index contributed by atoms with van der Waals surface area (Å²) < 4.78 is 24.7. The molecule has 0 aliphatic carbocycles. The number of carbonyl (C=O) groups is 1. The number of halogens is 2. The minimum Gasteiger partial charge on any atom is -0.295 e. The number of rotatable bonds is 3. The Morgan fingerprint density at radius 1 is 1.32 bits per heavy atom. The van der Waals surface area contributed by atoms with Crippen LogP contribution in [0.3, 0.4) is 0 Å². The summed E-state index contributed by atoms with van der Waals surface area (Å²) in [5, 5.41) is 0. The highest BCUT2D eigenvalue weighted by atomic mass is 79.9. The van der Waals surface area contributed by atoms with E-state index in [1.165, 1.54) is 11.3 Å². The number of nitrogens with zero attached hydrogens (tertiary/aromatic N) is 1. The van der Waals surface area contributed by atoms with Gasteiger partial charge in [-0.15, -0.1) is 11.3 Å². The maximum atomic E-state index is 12.2. The predicted octanol–water partition coefficient (Wildman–Crippen LogP) is 2.58. The van der Waals surface area contributed by atoms with E-state index in [1.54, 1.807) is 6.07 Å². The van der Waals surface area contributed by atoms with Gasteiger partial charge in [-0.1, -0.05) is 0 Å². The predicted molar refractivity (Wildman–Crippen MR) is 83.8 cm³/mol. The zero-order valence-corrected chi connectivity index (χ0v) is 14.9. The second-order valence-electron chi connectivity index (χ2n) is 4.44. The van der Waals surface area contributed by atoms with Crippen molar-refractivity contribution < 1.29 is 13.2 Å². The summed E-state index contributed by atoms with van der Waals surface area (Å²) in [5.74, 6) is 0.397. The summed E-state index contributed by atoms with van der Waals surface area (Å²) in [6.45, 7) is 1.38. The van der Waals surface area contributed by atoms with Crippen LogP contribution in [0.2, 0.25) is 0 Å². The van der Waals surface area contributed by atoms with Crippen molar-refractivity contribution in [2.24, 2.45) is 0 Å². The lowest BCUT2D eigenvalue weighted by Gasteiger charge is -2.17. The molecule has 4 nitrogen and oxygen atoms in total. The van der Waals surface area contributed by atoms with Gasteiger partial charge in [-0.3, -0.25) is 9.69 Å². The molecule has 8 heteroatoms. The topological polar surface area (TPSA) is 54.5 Å². The monoisotopic (exact) mass is 429 g/mol. The van der Waals surface area contributed by atoms with Gasteiger partial charge in [-0.25, -0.2) is 8.42 Å². The summed E-state index contributed by atoms with van der Waals surface area (Å²) >= 11 is 8.18. The van der Waals surface area contributed by atoms with E-state index in [9.17, 15) is 13.2 Å². The Balaban J connectivity index is 2.01. The molecule has 1 aliphatic rings. The highest BCUT2D eigenvalue weighted by Gasteiger charge is 2.22. The lowest BCUT2D eigenvalue weighted by molar-refractivity contribution is 0.0935. The molecule has 0 radical (unpaired) electrons. The van der Waals surface area contributed by atoms with Crippen molar-refractivity contribution in [1.29, 1.82) is 0 Å². The van der Waals surface area contributed by atoms with Gasteiger partial charge in [0, 0.05) is 12.1 Å². The Morgan fingerprint density at radius 2 is 2.05 bits per heavy atom. The lowest BCUT2D eigenvalue weighted by Crippen LogP contribution is -2.32. The number of carbonyl (C=O) groups excluding carboxylic acids is 1. The van der Waals surface area contributed by atoms with Crippen LogP contribution in [0, 0.1) is 0 Å². The maximum Gasteiger partial charge on any atom is 0.178 e. The molecular weight excluding hydrogens is 418 g/mol. The molecule has 1 aliphatic heterocycles. The molecule has 1 aromatic heterocycles. The number of hydrogen-bond donors (Lipinski definition) is 0. The van der Waals surface area contributed by atoms with E-state index >= 15 is 0 Å². The van der Waals surface area contributed by atoms with E-state index in [1.807, 2.05) is 4.90 Å². The number of sulfone groups is 1. The molecule has 0 atom stereocenters. The zero-order valence-electron chi connectivity index (χ0n) is 10.1. The van der Waals surface area contributed by atoms with Crippen molar-refractivity contribution in [3.8, 4) is 0 Å². The van der Waals surface area contributed by atoms with Crippen LogP contribution in [-0.2, 0) is 9.84 Å². The number of hydrogen-bond acceptors (Lipinski definition) is 5. The first-order valence-corrected chi connectivity index (χ1v) is 10.0. The number of Topliss-reactive ketones (excluding diaryl/α,β-unsaturated/α-hetero) is 1. The van der Waals surface area contributed by atoms with Gasteiger partial charge in [-0.2, -0.15) is 0 Å². The second-order valence-corrected chi connectivity index (χ2v) is 10.5. The third-order valence-electron chi connectivity index (χ3n) is 2.97. The summed E-state index contributed by atoms with van der Waals surface area (Å²) in [4.78, 5) is 14.1. The van der Waals surface area contributed by atoms with Crippen molar-refractivity contribution >= 4 is 58.8 Å².